The molecule has 29 heavy (non-hydrogen) atoms. The molecule has 4 nitrogen and oxygen atoms in total. The Bertz CT molecular complexity index is 893. The Morgan fingerprint density at radius 1 is 1.14 bits per heavy atom. The van der Waals surface area contributed by atoms with Crippen LogP contribution in [0.3, 0.4) is 0 Å². The highest BCUT2D eigenvalue weighted by molar-refractivity contribution is 6.32. The van der Waals surface area contributed by atoms with Gasteiger partial charge in [0, 0.05) is 16.8 Å². The molecule has 0 aliphatic rings. The summed E-state index contributed by atoms with van der Waals surface area (Å²) in [5, 5.41) is 2.64. The first kappa shape index (κ1) is 22.5. The van der Waals surface area contributed by atoms with Gasteiger partial charge in [-0.2, -0.15) is 13.2 Å². The molecule has 0 fully saturated rings. The number of carbonyl (C=O) groups is 2. The number of ether oxygens (including phenoxy) is 1. The van der Waals surface area contributed by atoms with Crippen LogP contribution in [-0.2, 0) is 15.7 Å². The van der Waals surface area contributed by atoms with E-state index < -0.39 is 23.6 Å². The number of hydrogen-bond acceptors (Lipinski definition) is 3. The molecule has 0 spiro atoms. The first-order valence-corrected chi connectivity index (χ1v) is 9.21. The van der Waals surface area contributed by atoms with E-state index in [1.165, 1.54) is 30.3 Å². The zero-order valence-electron chi connectivity index (χ0n) is 15.6. The molecule has 2 rings (SSSR count). The van der Waals surface area contributed by atoms with Crippen molar-refractivity contribution in [3.8, 4) is 0 Å². The Morgan fingerprint density at radius 3 is 2.45 bits per heavy atom. The van der Waals surface area contributed by atoms with Gasteiger partial charge in [-0.05, 0) is 60.5 Å². The molecule has 2 aromatic carbocycles. The van der Waals surface area contributed by atoms with Crippen LogP contribution < -0.4 is 5.32 Å². The zero-order chi connectivity index (χ0) is 21.4. The summed E-state index contributed by atoms with van der Waals surface area (Å²) in [6.45, 7) is 2.33. The number of rotatable bonds is 7. The number of carbonyl (C=O) groups excluding carboxylic acids is 2. The lowest BCUT2D eigenvalue weighted by atomic mass is 10.1. The van der Waals surface area contributed by atoms with Crippen molar-refractivity contribution in [2.24, 2.45) is 0 Å². The summed E-state index contributed by atoms with van der Waals surface area (Å²) in [5.74, 6) is -1.01. The molecule has 0 radical (unpaired) electrons. The summed E-state index contributed by atoms with van der Waals surface area (Å²) in [4.78, 5) is 23.8. The van der Waals surface area contributed by atoms with Crippen LogP contribution in [0.15, 0.2) is 48.5 Å². The second-order valence-electron chi connectivity index (χ2n) is 6.12. The minimum absolute atomic E-state index is 0.0711. The molecule has 8 heteroatoms. The van der Waals surface area contributed by atoms with Crippen molar-refractivity contribution in [2.75, 3.05) is 11.9 Å². The fourth-order valence-corrected chi connectivity index (χ4v) is 2.46. The average Bonchev–Trinajstić information content (AvgIpc) is 2.67. The number of hydrogen-bond donors (Lipinski definition) is 1. The molecular weight excluding hydrogens is 407 g/mol. The van der Waals surface area contributed by atoms with E-state index in [0.29, 0.717) is 17.9 Å². The quantitative estimate of drug-likeness (QED) is 0.338. The molecule has 1 N–H and O–H groups in total. The summed E-state index contributed by atoms with van der Waals surface area (Å²) in [7, 11) is 0. The molecule has 2 aromatic rings. The molecule has 1 amide bonds. The van der Waals surface area contributed by atoms with Gasteiger partial charge in [0.15, 0.2) is 0 Å². The Hall–Kier alpha value is -2.80. The number of nitrogens with one attached hydrogen (secondary N) is 1. The minimum Gasteiger partial charge on any atom is -0.462 e. The van der Waals surface area contributed by atoms with Crippen molar-refractivity contribution in [2.45, 2.75) is 25.9 Å². The van der Waals surface area contributed by atoms with Gasteiger partial charge in [0.05, 0.1) is 17.7 Å². The number of benzene rings is 2. The highest BCUT2D eigenvalue weighted by atomic mass is 35.5. The molecule has 0 aliphatic heterocycles. The van der Waals surface area contributed by atoms with Crippen LogP contribution in [0.5, 0.6) is 0 Å². The van der Waals surface area contributed by atoms with E-state index in [2.05, 4.69) is 5.32 Å². The molecule has 0 heterocycles. The van der Waals surface area contributed by atoms with Gasteiger partial charge in [-0.15, -0.1) is 0 Å². The van der Waals surface area contributed by atoms with Crippen LogP contribution in [0.4, 0.5) is 18.9 Å². The monoisotopic (exact) mass is 425 g/mol. The number of anilines is 1. The van der Waals surface area contributed by atoms with Crippen LogP contribution in [0, 0.1) is 0 Å². The van der Waals surface area contributed by atoms with Crippen molar-refractivity contribution >= 4 is 35.2 Å². The van der Waals surface area contributed by atoms with Crippen molar-refractivity contribution < 1.29 is 27.5 Å². The number of esters is 1. The summed E-state index contributed by atoms with van der Waals surface area (Å²) in [6, 6.07) is 8.94. The second kappa shape index (κ2) is 10.1. The lowest BCUT2D eigenvalue weighted by Crippen LogP contribution is -2.09. The highest BCUT2D eigenvalue weighted by Crippen LogP contribution is 2.32. The van der Waals surface area contributed by atoms with Gasteiger partial charge in [-0.3, -0.25) is 4.79 Å². The van der Waals surface area contributed by atoms with Crippen LogP contribution in [0.1, 0.15) is 41.3 Å². The SMILES string of the molecule is CCCCOC(=O)c1ccc(NC(=O)/C=C/c2cc(C(F)(F)F)ccc2Cl)cc1. The third kappa shape index (κ3) is 6.94. The zero-order valence-corrected chi connectivity index (χ0v) is 16.3. The van der Waals surface area contributed by atoms with E-state index in [1.807, 2.05) is 6.92 Å². The van der Waals surface area contributed by atoms with E-state index >= 15 is 0 Å². The van der Waals surface area contributed by atoms with Crippen molar-refractivity contribution in [3.05, 3.63) is 70.3 Å². The van der Waals surface area contributed by atoms with E-state index in [0.717, 1.165) is 37.1 Å². The van der Waals surface area contributed by atoms with Gasteiger partial charge in [-0.25, -0.2) is 4.79 Å². The minimum atomic E-state index is -4.51. The number of unbranched alkanes of at least 4 members (excludes halogenated alkanes) is 1. The first-order valence-electron chi connectivity index (χ1n) is 8.83. The van der Waals surface area contributed by atoms with Gasteiger partial charge >= 0.3 is 12.1 Å². The molecule has 0 unspecified atom stereocenters. The molecule has 0 saturated carbocycles. The normalized spacial score (nSPS) is 11.5. The topological polar surface area (TPSA) is 55.4 Å². The fraction of sp³-hybridized carbons (Fsp3) is 0.238. The molecule has 154 valence electrons. The maximum absolute atomic E-state index is 12.8. The van der Waals surface area contributed by atoms with Crippen LogP contribution in [-0.4, -0.2) is 18.5 Å². The molecule has 0 atom stereocenters. The van der Waals surface area contributed by atoms with Crippen LogP contribution >= 0.6 is 11.6 Å². The van der Waals surface area contributed by atoms with Gasteiger partial charge in [0.2, 0.25) is 5.91 Å². The standard InChI is InChI=1S/C21H19ClF3NO3/c1-2-3-12-29-20(28)14-4-8-17(9-5-14)26-19(27)11-6-15-13-16(21(23,24)25)7-10-18(15)22/h4-11,13H,2-3,12H2,1H3,(H,26,27)/b11-6+. The fourth-order valence-electron chi connectivity index (χ4n) is 2.28. The van der Waals surface area contributed by atoms with Crippen LogP contribution in [0.2, 0.25) is 5.02 Å². The number of amides is 1. The Labute approximate surface area is 171 Å². The molecule has 0 aliphatic carbocycles. The molecule has 0 aromatic heterocycles. The lowest BCUT2D eigenvalue weighted by molar-refractivity contribution is -0.137. The maximum atomic E-state index is 12.8. The van der Waals surface area contributed by atoms with Crippen LogP contribution in [0.25, 0.3) is 6.08 Å². The van der Waals surface area contributed by atoms with E-state index in [9.17, 15) is 22.8 Å². The lowest BCUT2D eigenvalue weighted by Gasteiger charge is -2.08. The third-order valence-corrected chi connectivity index (χ3v) is 4.20. The predicted octanol–water partition coefficient (Wildman–Crippen LogP) is 5.97. The van der Waals surface area contributed by atoms with Gasteiger partial charge < -0.3 is 10.1 Å². The summed E-state index contributed by atoms with van der Waals surface area (Å²) in [6.07, 6.45) is -0.533. The summed E-state index contributed by atoms with van der Waals surface area (Å²) >= 11 is 5.89. The molecular formula is C21H19ClF3NO3. The third-order valence-electron chi connectivity index (χ3n) is 3.86. The van der Waals surface area contributed by atoms with Gasteiger partial charge in [-0.1, -0.05) is 24.9 Å². The smallest absolute Gasteiger partial charge is 0.416 e. The van der Waals surface area contributed by atoms with Gasteiger partial charge in [0.1, 0.15) is 0 Å². The number of halogens is 4. The van der Waals surface area contributed by atoms with E-state index in [1.54, 1.807) is 0 Å². The largest absolute Gasteiger partial charge is 0.462 e. The Kier molecular flexibility index (Phi) is 7.84. The summed E-state index contributed by atoms with van der Waals surface area (Å²) in [5.41, 5.74) is -0.0181. The van der Waals surface area contributed by atoms with Crippen molar-refractivity contribution in [1.29, 1.82) is 0 Å². The predicted molar refractivity (Wildman–Crippen MR) is 106 cm³/mol. The highest BCUT2D eigenvalue weighted by Gasteiger charge is 2.30. The molecule has 0 bridgehead atoms. The van der Waals surface area contributed by atoms with E-state index in [4.69, 9.17) is 16.3 Å². The van der Waals surface area contributed by atoms with Crippen molar-refractivity contribution in [3.63, 3.8) is 0 Å². The van der Waals surface area contributed by atoms with Crippen molar-refractivity contribution in [1.82, 2.24) is 0 Å². The molecule has 0 saturated heterocycles. The van der Waals surface area contributed by atoms with Gasteiger partial charge in [0.25, 0.3) is 0 Å². The van der Waals surface area contributed by atoms with E-state index in [-0.39, 0.29) is 10.6 Å². The Morgan fingerprint density at radius 2 is 1.83 bits per heavy atom. The first-order chi connectivity index (χ1) is 13.7. The maximum Gasteiger partial charge on any atom is 0.416 e. The number of alkyl halides is 3. The Balaban J connectivity index is 2.00. The average molecular weight is 426 g/mol. The second-order valence-corrected chi connectivity index (χ2v) is 6.53. The summed E-state index contributed by atoms with van der Waals surface area (Å²) < 4.78 is 43.4.